The second kappa shape index (κ2) is 29.2. The van der Waals surface area contributed by atoms with Crippen molar-refractivity contribution in [2.24, 2.45) is 15.3 Å². The van der Waals surface area contributed by atoms with Crippen LogP contribution in [0.25, 0.3) is 31.3 Å². The number of nitrogens with zero attached hydrogens (tertiary/aromatic N) is 15. The van der Waals surface area contributed by atoms with Crippen LogP contribution in [-0.4, -0.2) is 199 Å². The normalized spacial score (nSPS) is 19.6. The number of piperazine rings is 3. The molecule has 15 nitrogen and oxygen atoms in total. The summed E-state index contributed by atoms with van der Waals surface area (Å²) in [4.78, 5) is 17.4. The maximum atomic E-state index is 8.16. The molecule has 0 radical (unpaired) electrons. The molecule has 0 saturated carbocycles. The van der Waals surface area contributed by atoms with Crippen LogP contribution in [0.3, 0.4) is 0 Å². The average molecular weight is 732 g/mol. The predicted octanol–water partition coefficient (Wildman–Crippen LogP) is 4.40. The third kappa shape index (κ3) is 27.1. The van der Waals surface area contributed by atoms with Crippen molar-refractivity contribution in [2.75, 3.05) is 171 Å². The van der Waals surface area contributed by atoms with Crippen molar-refractivity contribution in [2.45, 2.75) is 0 Å². The summed E-state index contributed by atoms with van der Waals surface area (Å²) in [6, 6.07) is 0. The fourth-order valence-electron chi connectivity index (χ4n) is 4.19. The summed E-state index contributed by atoms with van der Waals surface area (Å²) < 4.78 is 2.09. The van der Waals surface area contributed by atoms with Crippen molar-refractivity contribution in [1.82, 2.24) is 19.6 Å². The highest BCUT2D eigenvalue weighted by atomic mass is 79.9. The Morgan fingerprint density at radius 1 is 0.568 bits per heavy atom. The molecule has 3 fully saturated rings. The number of alkyl halides is 3. The molecule has 0 N–H and O–H groups in total. The van der Waals surface area contributed by atoms with Crippen molar-refractivity contribution in [1.29, 1.82) is 0 Å². The lowest BCUT2D eigenvalue weighted by atomic mass is 10.3. The SMILES string of the molecule is CN1CCN(C)CC1.CN1CC[N+](C)(CCN=[N+]=[N-])CC1.CN1CC[N+](C)(CCN=[N+]=[N-])CC1.ClCCBr.[N-]=[N+]=NCCCl. The molecule has 44 heavy (non-hydrogen) atoms. The summed E-state index contributed by atoms with van der Waals surface area (Å²) in [7, 11) is 13.1. The van der Waals surface area contributed by atoms with Gasteiger partial charge in [-0.15, -0.1) is 23.2 Å². The molecule has 18 heteroatoms. The number of rotatable bonds is 9. The van der Waals surface area contributed by atoms with Gasteiger partial charge in [0, 0.05) is 90.7 Å². The zero-order valence-electron chi connectivity index (χ0n) is 28.0. The Morgan fingerprint density at radius 3 is 1.07 bits per heavy atom. The van der Waals surface area contributed by atoms with E-state index in [0.717, 1.165) is 79.7 Å². The molecule has 3 saturated heterocycles. The molecule has 0 aromatic rings. The molecule has 0 unspecified atom stereocenters. The lowest BCUT2D eigenvalue weighted by Gasteiger charge is -2.40. The Labute approximate surface area is 284 Å². The smallest absolute Gasteiger partial charge is 0.0914 e. The third-order valence-corrected chi connectivity index (χ3v) is 8.95. The first-order chi connectivity index (χ1) is 20.9. The van der Waals surface area contributed by atoms with Gasteiger partial charge in [-0.3, -0.25) is 9.80 Å². The molecule has 256 valence electrons. The van der Waals surface area contributed by atoms with Crippen LogP contribution in [0.5, 0.6) is 0 Å². The number of hydrogen-bond acceptors (Lipinski definition) is 7. The number of quaternary nitrogens is 2. The second-order valence-electron chi connectivity index (χ2n) is 11.7. The fraction of sp³-hybridized carbons (Fsp3) is 1.00. The van der Waals surface area contributed by atoms with Crippen molar-refractivity contribution in [3.8, 4) is 0 Å². The van der Waals surface area contributed by atoms with Gasteiger partial charge < -0.3 is 18.8 Å². The van der Waals surface area contributed by atoms with Gasteiger partial charge in [0.25, 0.3) is 0 Å². The quantitative estimate of drug-likeness (QED) is 0.113. The molecule has 0 aliphatic carbocycles. The number of likely N-dealkylation sites (N-methyl/N-ethyl adjacent to an activating group) is 6. The standard InChI is InChI=1S/2C8H18N5.C6H14N2.C2H4BrCl.C2H4ClN3/c2*1-12-4-7-13(2,8-5-12)6-3-10-11-9;1-7-3-5-8(2)6-4-7;3-1-2-4;3-1-2-5-6-4/h2*3-8H2,1-2H3;3-6H2,1-2H3;1-2H2;1-2H2/q2*+1;;;. The lowest BCUT2D eigenvalue weighted by Crippen LogP contribution is -2.57. The van der Waals surface area contributed by atoms with E-state index < -0.39 is 0 Å². The van der Waals surface area contributed by atoms with Gasteiger partial charge >= 0.3 is 0 Å². The van der Waals surface area contributed by atoms with Crippen LogP contribution >= 0.6 is 39.1 Å². The molecular formula is C26H58BrCl2N15+2. The van der Waals surface area contributed by atoms with Gasteiger partial charge in [-0.05, 0) is 44.8 Å². The van der Waals surface area contributed by atoms with E-state index in [0.29, 0.717) is 31.4 Å². The molecule has 0 aromatic carbocycles. The predicted molar refractivity (Wildman–Crippen MR) is 189 cm³/mol. The summed E-state index contributed by atoms with van der Waals surface area (Å²) in [6.07, 6.45) is 0. The number of hydrogen-bond donors (Lipinski definition) is 0. The Kier molecular flexibility index (Phi) is 29.8. The maximum absolute atomic E-state index is 8.16. The van der Waals surface area contributed by atoms with E-state index in [9.17, 15) is 0 Å². The van der Waals surface area contributed by atoms with Gasteiger partial charge in [0.15, 0.2) is 0 Å². The molecule has 3 heterocycles. The number of azide groups is 3. The molecule has 0 bridgehead atoms. The monoisotopic (exact) mass is 729 g/mol. The largest absolute Gasteiger partial charge is 0.324 e. The zero-order chi connectivity index (χ0) is 33.7. The number of halogens is 3. The summed E-state index contributed by atoms with van der Waals surface area (Å²) >= 11 is 13.4. The van der Waals surface area contributed by atoms with Crippen LogP contribution in [0.15, 0.2) is 15.3 Å². The second-order valence-corrected chi connectivity index (χ2v) is 13.3. The molecule has 3 rings (SSSR count). The molecule has 0 atom stereocenters. The Morgan fingerprint density at radius 2 is 0.841 bits per heavy atom. The van der Waals surface area contributed by atoms with E-state index in [-0.39, 0.29) is 0 Å². The van der Waals surface area contributed by atoms with E-state index in [2.05, 4.69) is 108 Å². The van der Waals surface area contributed by atoms with E-state index in [1.165, 1.54) is 26.2 Å². The highest BCUT2D eigenvalue weighted by molar-refractivity contribution is 9.09. The van der Waals surface area contributed by atoms with Gasteiger partial charge in [-0.1, -0.05) is 31.3 Å². The highest BCUT2D eigenvalue weighted by Gasteiger charge is 2.26. The van der Waals surface area contributed by atoms with Crippen LogP contribution in [0, 0.1) is 0 Å². The van der Waals surface area contributed by atoms with Crippen LogP contribution in [0.1, 0.15) is 0 Å². The summed E-state index contributed by atoms with van der Waals surface area (Å²) in [5.74, 6) is 1.12. The molecule has 0 amide bonds. The fourth-order valence-corrected chi connectivity index (χ4v) is 4.27. The van der Waals surface area contributed by atoms with Crippen LogP contribution in [-0.2, 0) is 0 Å². The van der Waals surface area contributed by atoms with E-state index in [1.807, 2.05) is 0 Å². The first kappa shape index (κ1) is 44.9. The van der Waals surface area contributed by atoms with Crippen LogP contribution < -0.4 is 0 Å². The van der Waals surface area contributed by atoms with E-state index in [1.54, 1.807) is 0 Å². The van der Waals surface area contributed by atoms with Crippen LogP contribution in [0.2, 0.25) is 0 Å². The Hall–Kier alpha value is -1.25. The van der Waals surface area contributed by atoms with Crippen LogP contribution in [0.4, 0.5) is 0 Å². The topological polar surface area (TPSA) is 159 Å². The first-order valence-corrected chi connectivity index (χ1v) is 17.3. The zero-order valence-corrected chi connectivity index (χ0v) is 31.1. The Balaban J connectivity index is 0. The molecule has 0 aromatic heterocycles. The van der Waals surface area contributed by atoms with Crippen molar-refractivity contribution in [3.63, 3.8) is 0 Å². The molecule has 3 aliphatic heterocycles. The molecular weight excluding hydrogens is 673 g/mol. The van der Waals surface area contributed by atoms with Gasteiger partial charge in [-0.2, -0.15) is 0 Å². The molecule has 3 aliphatic rings. The van der Waals surface area contributed by atoms with Gasteiger partial charge in [-0.25, -0.2) is 0 Å². The third-order valence-electron chi connectivity index (χ3n) is 7.74. The molecule has 0 spiro atoms. The minimum Gasteiger partial charge on any atom is -0.324 e. The Bertz CT molecular complexity index is 769. The first-order valence-electron chi connectivity index (χ1n) is 15.1. The van der Waals surface area contributed by atoms with Gasteiger partial charge in [0.2, 0.25) is 0 Å². The lowest BCUT2D eigenvalue weighted by molar-refractivity contribution is -0.912. The highest BCUT2D eigenvalue weighted by Crippen LogP contribution is 2.09. The minimum absolute atomic E-state index is 0.387. The summed E-state index contributed by atoms with van der Waals surface area (Å²) in [5.41, 5.74) is 23.9. The van der Waals surface area contributed by atoms with Crippen molar-refractivity contribution >= 4 is 39.1 Å². The summed E-state index contributed by atoms with van der Waals surface area (Å²) in [5, 5.41) is 11.2. The van der Waals surface area contributed by atoms with Gasteiger partial charge in [0.05, 0.1) is 66.5 Å². The van der Waals surface area contributed by atoms with Crippen molar-refractivity contribution < 1.29 is 8.97 Å². The van der Waals surface area contributed by atoms with E-state index in [4.69, 9.17) is 39.8 Å². The average Bonchev–Trinajstić information content (AvgIpc) is 3.02. The van der Waals surface area contributed by atoms with Gasteiger partial charge in [0.1, 0.15) is 0 Å². The van der Waals surface area contributed by atoms with Crippen molar-refractivity contribution in [3.05, 3.63) is 31.3 Å². The van der Waals surface area contributed by atoms with E-state index >= 15 is 0 Å². The minimum atomic E-state index is 0.387. The maximum Gasteiger partial charge on any atom is 0.0914 e. The summed E-state index contributed by atoms with van der Waals surface area (Å²) in [6.45, 7) is 17.7.